The number of aromatic nitrogens is 2. The maximum Gasteiger partial charge on any atom is 0.277 e. The van der Waals surface area contributed by atoms with Crippen LogP contribution in [-0.4, -0.2) is 45.3 Å². The average molecular weight is 374 g/mol. The summed E-state index contributed by atoms with van der Waals surface area (Å²) in [5.41, 5.74) is 7.31. The Bertz CT molecular complexity index is 807. The molecule has 0 spiro atoms. The number of nitrogens with zero attached hydrogens (tertiary/aromatic N) is 3. The van der Waals surface area contributed by atoms with Gasteiger partial charge in [-0.15, -0.1) is 10.2 Å². The van der Waals surface area contributed by atoms with Gasteiger partial charge in [0.1, 0.15) is 0 Å². The molecule has 1 aromatic carbocycles. The van der Waals surface area contributed by atoms with E-state index in [9.17, 15) is 9.59 Å². The minimum Gasteiger partial charge on any atom is -0.411 e. The summed E-state index contributed by atoms with van der Waals surface area (Å²) in [5.74, 6) is -0.211. The highest BCUT2D eigenvalue weighted by Gasteiger charge is 2.30. The predicted octanol–water partition coefficient (Wildman–Crippen LogP) is 2.25. The molecule has 8 heteroatoms. The first kappa shape index (κ1) is 18.4. The van der Waals surface area contributed by atoms with E-state index >= 15 is 0 Å². The van der Waals surface area contributed by atoms with Gasteiger partial charge in [0.15, 0.2) is 0 Å². The van der Waals surface area contributed by atoms with Gasteiger partial charge in [-0.25, -0.2) is 0 Å². The summed E-state index contributed by atoms with van der Waals surface area (Å²) in [6.07, 6.45) is 1.53. The smallest absolute Gasteiger partial charge is 0.277 e. The Balaban J connectivity index is 1.65. The second kappa shape index (κ2) is 7.90. The van der Waals surface area contributed by atoms with Gasteiger partial charge in [-0.05, 0) is 38.3 Å². The van der Waals surface area contributed by atoms with E-state index in [2.05, 4.69) is 10.2 Å². The summed E-state index contributed by atoms with van der Waals surface area (Å²) in [7, 11) is 0. The highest BCUT2D eigenvalue weighted by Crippen LogP contribution is 2.29. The number of carbonyl (C=O) groups is 2. The van der Waals surface area contributed by atoms with Crippen molar-refractivity contribution < 1.29 is 14.0 Å². The maximum atomic E-state index is 12.7. The Labute approximate surface area is 156 Å². The van der Waals surface area contributed by atoms with Gasteiger partial charge in [0.05, 0.1) is 11.2 Å². The lowest BCUT2D eigenvalue weighted by atomic mass is 9.97. The van der Waals surface area contributed by atoms with Crippen LogP contribution in [0.4, 0.5) is 0 Å². The van der Waals surface area contributed by atoms with Crippen molar-refractivity contribution in [1.82, 2.24) is 15.1 Å². The number of piperidine rings is 1. The van der Waals surface area contributed by atoms with E-state index in [-0.39, 0.29) is 23.0 Å². The summed E-state index contributed by atoms with van der Waals surface area (Å²) in [5, 5.41) is 8.10. The van der Waals surface area contributed by atoms with Gasteiger partial charge in [-0.3, -0.25) is 9.59 Å². The number of carbonyl (C=O) groups excluding carboxylic acids is 2. The molecule has 2 aromatic rings. The minimum atomic E-state index is -0.383. The van der Waals surface area contributed by atoms with Gasteiger partial charge in [0, 0.05) is 18.7 Å². The van der Waals surface area contributed by atoms with Crippen molar-refractivity contribution in [3.05, 3.63) is 29.8 Å². The fourth-order valence-electron chi connectivity index (χ4n) is 3.05. The summed E-state index contributed by atoms with van der Waals surface area (Å²) >= 11 is 1.23. The second-order valence-electron chi connectivity index (χ2n) is 6.47. The normalized spacial score (nSPS) is 18.5. The number of thioether (sulfide) groups is 1. The molecule has 3 rings (SSSR count). The molecule has 26 heavy (non-hydrogen) atoms. The number of aryl methyl sites for hydroxylation is 1. The number of benzene rings is 1. The number of rotatable bonds is 5. The lowest BCUT2D eigenvalue weighted by Gasteiger charge is -2.32. The van der Waals surface area contributed by atoms with Crippen LogP contribution in [0.25, 0.3) is 11.5 Å². The lowest BCUT2D eigenvalue weighted by Crippen LogP contribution is -2.46. The molecule has 1 aliphatic rings. The topological polar surface area (TPSA) is 102 Å². The zero-order chi connectivity index (χ0) is 18.7. The standard InChI is InChI=1S/C18H22N4O3S/c1-11-6-3-4-8-14(11)16-20-21-18(25-16)26-12(2)17(24)22-9-5-7-13(10-22)15(19)23/h3-4,6,8,12-13H,5,7,9-10H2,1-2H3,(H2,19,23). The Hall–Kier alpha value is -2.35. The molecule has 0 radical (unpaired) electrons. The number of hydrogen-bond donors (Lipinski definition) is 1. The quantitative estimate of drug-likeness (QED) is 0.805. The van der Waals surface area contributed by atoms with E-state index in [1.165, 1.54) is 11.8 Å². The van der Waals surface area contributed by atoms with Crippen LogP contribution >= 0.6 is 11.8 Å². The van der Waals surface area contributed by atoms with Crippen molar-refractivity contribution in [2.24, 2.45) is 11.7 Å². The summed E-state index contributed by atoms with van der Waals surface area (Å²) in [6.45, 7) is 4.81. The monoisotopic (exact) mass is 374 g/mol. The molecule has 1 aliphatic heterocycles. The fraction of sp³-hybridized carbons (Fsp3) is 0.444. The van der Waals surface area contributed by atoms with Crippen LogP contribution in [-0.2, 0) is 9.59 Å². The van der Waals surface area contributed by atoms with Crippen molar-refractivity contribution in [2.75, 3.05) is 13.1 Å². The van der Waals surface area contributed by atoms with Gasteiger partial charge in [-0.1, -0.05) is 30.0 Å². The van der Waals surface area contributed by atoms with Crippen LogP contribution in [0, 0.1) is 12.8 Å². The SMILES string of the molecule is Cc1ccccc1-c1nnc(SC(C)C(=O)N2CCCC(C(N)=O)C2)o1. The van der Waals surface area contributed by atoms with Crippen LogP contribution < -0.4 is 5.73 Å². The molecule has 2 unspecified atom stereocenters. The highest BCUT2D eigenvalue weighted by atomic mass is 32.2. The third kappa shape index (κ3) is 4.07. The van der Waals surface area contributed by atoms with Crippen LogP contribution in [0.2, 0.25) is 0 Å². The number of primary amides is 1. The molecule has 2 heterocycles. The van der Waals surface area contributed by atoms with E-state index in [4.69, 9.17) is 10.2 Å². The molecule has 0 aliphatic carbocycles. The average Bonchev–Trinajstić information content (AvgIpc) is 3.09. The molecule has 138 valence electrons. The Morgan fingerprint density at radius 1 is 1.35 bits per heavy atom. The Morgan fingerprint density at radius 3 is 2.85 bits per heavy atom. The van der Waals surface area contributed by atoms with Crippen molar-refractivity contribution in [3.8, 4) is 11.5 Å². The molecule has 1 aromatic heterocycles. The zero-order valence-corrected chi connectivity index (χ0v) is 15.7. The second-order valence-corrected chi connectivity index (χ2v) is 7.77. The molecule has 0 bridgehead atoms. The lowest BCUT2D eigenvalue weighted by molar-refractivity contribution is -0.134. The number of likely N-dealkylation sites (tertiary alicyclic amines) is 1. The van der Waals surface area contributed by atoms with E-state index < -0.39 is 0 Å². The Kier molecular flexibility index (Phi) is 5.61. The maximum absolute atomic E-state index is 12.7. The highest BCUT2D eigenvalue weighted by molar-refractivity contribution is 8.00. The van der Waals surface area contributed by atoms with E-state index in [1.807, 2.05) is 31.2 Å². The zero-order valence-electron chi connectivity index (χ0n) is 14.8. The molecule has 7 nitrogen and oxygen atoms in total. The summed E-state index contributed by atoms with van der Waals surface area (Å²) in [6, 6.07) is 7.76. The van der Waals surface area contributed by atoms with Gasteiger partial charge in [0.25, 0.3) is 5.22 Å². The van der Waals surface area contributed by atoms with Gasteiger partial charge >= 0.3 is 0 Å². The molecule has 2 N–H and O–H groups in total. The third-order valence-corrected chi connectivity index (χ3v) is 5.46. The van der Waals surface area contributed by atoms with Crippen molar-refractivity contribution >= 4 is 23.6 Å². The van der Waals surface area contributed by atoms with Gasteiger partial charge < -0.3 is 15.1 Å². The van der Waals surface area contributed by atoms with E-state index in [1.54, 1.807) is 11.8 Å². The molecule has 1 fully saturated rings. The minimum absolute atomic E-state index is 0.0448. The van der Waals surface area contributed by atoms with Gasteiger partial charge in [-0.2, -0.15) is 0 Å². The summed E-state index contributed by atoms with van der Waals surface area (Å²) < 4.78 is 5.71. The molecular weight excluding hydrogens is 352 g/mol. The molecular formula is C18H22N4O3S. The van der Waals surface area contributed by atoms with Crippen molar-refractivity contribution in [3.63, 3.8) is 0 Å². The third-order valence-electron chi connectivity index (χ3n) is 4.54. The van der Waals surface area contributed by atoms with Gasteiger partial charge in [0.2, 0.25) is 17.7 Å². The van der Waals surface area contributed by atoms with Crippen molar-refractivity contribution in [2.45, 2.75) is 37.2 Å². The molecule has 2 atom stereocenters. The number of nitrogens with two attached hydrogens (primary N) is 1. The van der Waals surface area contributed by atoms with E-state index in [0.29, 0.717) is 24.2 Å². The van der Waals surface area contributed by atoms with Crippen LogP contribution in [0.15, 0.2) is 33.9 Å². The number of hydrogen-bond acceptors (Lipinski definition) is 6. The largest absolute Gasteiger partial charge is 0.411 e. The first-order valence-corrected chi connectivity index (χ1v) is 9.48. The van der Waals surface area contributed by atoms with Crippen LogP contribution in [0.1, 0.15) is 25.3 Å². The molecule has 1 saturated heterocycles. The summed E-state index contributed by atoms with van der Waals surface area (Å²) in [4.78, 5) is 25.8. The number of amides is 2. The van der Waals surface area contributed by atoms with Crippen LogP contribution in [0.3, 0.4) is 0 Å². The molecule has 2 amide bonds. The predicted molar refractivity (Wildman–Crippen MR) is 98.3 cm³/mol. The Morgan fingerprint density at radius 2 is 2.12 bits per heavy atom. The van der Waals surface area contributed by atoms with E-state index in [0.717, 1.165) is 24.0 Å². The first-order valence-electron chi connectivity index (χ1n) is 8.60. The van der Waals surface area contributed by atoms with Crippen LogP contribution in [0.5, 0.6) is 0 Å². The van der Waals surface area contributed by atoms with Crippen molar-refractivity contribution in [1.29, 1.82) is 0 Å². The molecule has 0 saturated carbocycles. The first-order chi connectivity index (χ1) is 12.5. The fourth-order valence-corrected chi connectivity index (χ4v) is 3.81.